The Labute approximate surface area is 96.1 Å². The second kappa shape index (κ2) is 3.70. The minimum absolute atomic E-state index is 0.334. The molecule has 1 aliphatic heterocycles. The smallest absolute Gasteiger partial charge is 0.352 e. The Kier molecular flexibility index (Phi) is 2.52. The van der Waals surface area contributed by atoms with Crippen LogP contribution in [-0.2, 0) is 11.3 Å². The predicted octanol–water partition coefficient (Wildman–Crippen LogP) is 2.32. The van der Waals surface area contributed by atoms with Crippen LogP contribution in [0.2, 0.25) is 0 Å². The molecule has 2 rings (SSSR count). The van der Waals surface area contributed by atoms with Crippen LogP contribution in [-0.4, -0.2) is 23.0 Å². The highest BCUT2D eigenvalue weighted by Gasteiger charge is 2.19. The first-order valence-corrected chi connectivity index (χ1v) is 5.32. The average molecular weight is 268 g/mol. The number of likely N-dealkylation sites (N-methyl/N-ethyl adjacent to an activating group) is 1. The van der Waals surface area contributed by atoms with Crippen LogP contribution in [0.25, 0.3) is 6.08 Å². The molecule has 1 aromatic carbocycles. The lowest BCUT2D eigenvalue weighted by Gasteiger charge is -2.25. The molecule has 1 aromatic rings. The van der Waals surface area contributed by atoms with Crippen LogP contribution < -0.4 is 0 Å². The van der Waals surface area contributed by atoms with E-state index < -0.39 is 5.97 Å². The van der Waals surface area contributed by atoms with Crippen LogP contribution in [0.15, 0.2) is 28.4 Å². The molecule has 4 heteroatoms. The molecule has 78 valence electrons. The zero-order chi connectivity index (χ0) is 11.0. The Hall–Kier alpha value is -1.29. The molecule has 0 aliphatic carbocycles. The van der Waals surface area contributed by atoms with Crippen molar-refractivity contribution in [1.29, 1.82) is 0 Å². The number of fused-ring (bicyclic) bond motifs is 1. The van der Waals surface area contributed by atoms with Gasteiger partial charge in [0.15, 0.2) is 0 Å². The van der Waals surface area contributed by atoms with E-state index in [2.05, 4.69) is 15.9 Å². The highest BCUT2D eigenvalue weighted by molar-refractivity contribution is 9.10. The summed E-state index contributed by atoms with van der Waals surface area (Å²) in [6, 6.07) is 5.91. The number of rotatable bonds is 1. The van der Waals surface area contributed by atoms with Crippen LogP contribution in [0.3, 0.4) is 0 Å². The Bertz CT molecular complexity index is 454. The molecular weight excluding hydrogens is 258 g/mol. The maximum Gasteiger partial charge on any atom is 0.352 e. The van der Waals surface area contributed by atoms with Gasteiger partial charge < -0.3 is 10.0 Å². The molecule has 0 amide bonds. The molecule has 0 radical (unpaired) electrons. The first kappa shape index (κ1) is 10.2. The summed E-state index contributed by atoms with van der Waals surface area (Å²) in [5.74, 6) is -0.886. The third-order valence-electron chi connectivity index (χ3n) is 2.44. The molecule has 1 aliphatic rings. The molecule has 0 saturated heterocycles. The zero-order valence-corrected chi connectivity index (χ0v) is 9.78. The van der Waals surface area contributed by atoms with Gasteiger partial charge in [0, 0.05) is 18.1 Å². The number of hydrogen-bond acceptors (Lipinski definition) is 2. The normalized spacial score (nSPS) is 14.5. The van der Waals surface area contributed by atoms with Crippen molar-refractivity contribution < 1.29 is 9.90 Å². The Balaban J connectivity index is 2.51. The first-order chi connectivity index (χ1) is 7.08. The Morgan fingerprint density at radius 3 is 2.93 bits per heavy atom. The van der Waals surface area contributed by atoms with E-state index in [0.717, 1.165) is 15.6 Å². The van der Waals surface area contributed by atoms with Gasteiger partial charge in [0.2, 0.25) is 0 Å². The summed E-state index contributed by atoms with van der Waals surface area (Å²) in [5.41, 5.74) is 2.45. The summed E-state index contributed by atoms with van der Waals surface area (Å²) in [5, 5.41) is 8.98. The van der Waals surface area contributed by atoms with E-state index >= 15 is 0 Å². The second-order valence-corrected chi connectivity index (χ2v) is 4.45. The fourth-order valence-corrected chi connectivity index (χ4v) is 2.05. The van der Waals surface area contributed by atoms with Crippen molar-refractivity contribution in [3.05, 3.63) is 39.5 Å². The van der Waals surface area contributed by atoms with Crippen molar-refractivity contribution in [2.75, 3.05) is 7.05 Å². The van der Waals surface area contributed by atoms with Gasteiger partial charge in [-0.05, 0) is 29.3 Å². The summed E-state index contributed by atoms with van der Waals surface area (Å²) in [6.07, 6.45) is 1.70. The standard InChI is InChI=1S/C11H10BrNO2/c1-13-6-7-2-3-9(12)4-8(7)5-10(13)11(14)15/h2-5H,6H2,1H3,(H,14,15). The number of hydrogen-bond donors (Lipinski definition) is 1. The van der Waals surface area contributed by atoms with Crippen LogP contribution >= 0.6 is 15.9 Å². The molecule has 0 atom stereocenters. The SMILES string of the molecule is CN1Cc2ccc(Br)cc2C=C1C(=O)O. The van der Waals surface area contributed by atoms with Crippen molar-refractivity contribution >= 4 is 28.0 Å². The average Bonchev–Trinajstić information content (AvgIpc) is 2.17. The molecule has 3 nitrogen and oxygen atoms in total. The third-order valence-corrected chi connectivity index (χ3v) is 2.93. The van der Waals surface area contributed by atoms with Crippen molar-refractivity contribution in [3.8, 4) is 0 Å². The molecule has 1 N–H and O–H groups in total. The molecule has 0 aromatic heterocycles. The van der Waals surface area contributed by atoms with E-state index in [-0.39, 0.29) is 0 Å². The highest BCUT2D eigenvalue weighted by atomic mass is 79.9. The third kappa shape index (κ3) is 1.90. The number of nitrogens with zero attached hydrogens (tertiary/aromatic N) is 1. The fraction of sp³-hybridized carbons (Fsp3) is 0.182. The van der Waals surface area contributed by atoms with E-state index in [1.807, 2.05) is 18.2 Å². The number of carboxylic acids is 1. The lowest BCUT2D eigenvalue weighted by Crippen LogP contribution is -2.26. The number of carboxylic acid groups (broad SMARTS) is 1. The van der Waals surface area contributed by atoms with Crippen molar-refractivity contribution in [3.63, 3.8) is 0 Å². The predicted molar refractivity (Wildman–Crippen MR) is 61.2 cm³/mol. The topological polar surface area (TPSA) is 40.5 Å². The Morgan fingerprint density at radius 2 is 2.27 bits per heavy atom. The number of halogens is 1. The van der Waals surface area contributed by atoms with Gasteiger partial charge in [-0.3, -0.25) is 0 Å². The maximum absolute atomic E-state index is 10.9. The van der Waals surface area contributed by atoms with Gasteiger partial charge in [-0.15, -0.1) is 0 Å². The van der Waals surface area contributed by atoms with E-state index in [9.17, 15) is 4.79 Å². The summed E-state index contributed by atoms with van der Waals surface area (Å²) >= 11 is 3.37. The van der Waals surface area contributed by atoms with Crippen LogP contribution in [0, 0.1) is 0 Å². The molecule has 0 saturated carbocycles. The Morgan fingerprint density at radius 1 is 1.53 bits per heavy atom. The van der Waals surface area contributed by atoms with Gasteiger partial charge in [0.05, 0.1) is 0 Å². The molecule has 0 unspecified atom stereocenters. The number of carbonyl (C=O) groups is 1. The second-order valence-electron chi connectivity index (χ2n) is 3.53. The molecular formula is C11H10BrNO2. The van der Waals surface area contributed by atoms with Gasteiger partial charge >= 0.3 is 5.97 Å². The van der Waals surface area contributed by atoms with Gasteiger partial charge in [0.25, 0.3) is 0 Å². The molecule has 0 bridgehead atoms. The van der Waals surface area contributed by atoms with Crippen molar-refractivity contribution in [1.82, 2.24) is 4.90 Å². The minimum atomic E-state index is -0.886. The van der Waals surface area contributed by atoms with E-state index in [4.69, 9.17) is 5.11 Å². The van der Waals surface area contributed by atoms with Gasteiger partial charge in [-0.25, -0.2) is 4.79 Å². The van der Waals surface area contributed by atoms with Crippen LogP contribution in [0.1, 0.15) is 11.1 Å². The molecule has 0 fully saturated rings. The van der Waals surface area contributed by atoms with Gasteiger partial charge in [-0.1, -0.05) is 22.0 Å². The van der Waals surface area contributed by atoms with E-state index in [1.54, 1.807) is 18.0 Å². The van der Waals surface area contributed by atoms with E-state index in [1.165, 1.54) is 0 Å². The number of aliphatic carboxylic acids is 1. The van der Waals surface area contributed by atoms with Gasteiger partial charge in [0.1, 0.15) is 5.70 Å². The van der Waals surface area contributed by atoms with E-state index in [0.29, 0.717) is 12.2 Å². The van der Waals surface area contributed by atoms with Crippen LogP contribution in [0.5, 0.6) is 0 Å². The fourth-order valence-electron chi connectivity index (χ4n) is 1.67. The number of benzene rings is 1. The molecule has 1 heterocycles. The molecule has 15 heavy (non-hydrogen) atoms. The van der Waals surface area contributed by atoms with Crippen molar-refractivity contribution in [2.45, 2.75) is 6.54 Å². The summed E-state index contributed by atoms with van der Waals surface area (Å²) in [7, 11) is 1.78. The lowest BCUT2D eigenvalue weighted by molar-refractivity contribution is -0.134. The van der Waals surface area contributed by atoms with Crippen LogP contribution in [0.4, 0.5) is 0 Å². The summed E-state index contributed by atoms with van der Waals surface area (Å²) in [6.45, 7) is 0.640. The van der Waals surface area contributed by atoms with Crippen molar-refractivity contribution in [2.24, 2.45) is 0 Å². The highest BCUT2D eigenvalue weighted by Crippen LogP contribution is 2.26. The summed E-state index contributed by atoms with van der Waals surface area (Å²) < 4.78 is 0.965. The quantitative estimate of drug-likeness (QED) is 0.849. The largest absolute Gasteiger partial charge is 0.477 e. The lowest BCUT2D eigenvalue weighted by atomic mass is 10.0. The minimum Gasteiger partial charge on any atom is -0.477 e. The monoisotopic (exact) mass is 267 g/mol. The zero-order valence-electron chi connectivity index (χ0n) is 8.20. The van der Waals surface area contributed by atoms with Gasteiger partial charge in [-0.2, -0.15) is 0 Å². The molecule has 0 spiro atoms. The maximum atomic E-state index is 10.9. The summed E-state index contributed by atoms with van der Waals surface area (Å²) in [4.78, 5) is 12.7. The first-order valence-electron chi connectivity index (χ1n) is 4.52.